The lowest BCUT2D eigenvalue weighted by atomic mass is 10.2. The molecule has 86 valence electrons. The number of aliphatic hydroxyl groups is 1. The van der Waals surface area contributed by atoms with Crippen LogP contribution in [0.2, 0.25) is 0 Å². The molecule has 0 atom stereocenters. The minimum Gasteiger partial charge on any atom is -0.395 e. The molecule has 17 heavy (non-hydrogen) atoms. The van der Waals surface area contributed by atoms with Gasteiger partial charge in [-0.05, 0) is 12.0 Å². The van der Waals surface area contributed by atoms with Crippen molar-refractivity contribution in [2.75, 3.05) is 6.61 Å². The van der Waals surface area contributed by atoms with E-state index in [1.165, 1.54) is 6.07 Å². The van der Waals surface area contributed by atoms with Crippen molar-refractivity contribution in [3.63, 3.8) is 0 Å². The topological polar surface area (TPSA) is 92.0 Å². The number of aliphatic hydroxyl groups excluding tert-OH is 1. The van der Waals surface area contributed by atoms with E-state index in [1.807, 2.05) is 0 Å². The summed E-state index contributed by atoms with van der Waals surface area (Å²) in [5, 5.41) is 26.5. The Morgan fingerprint density at radius 3 is 3.06 bits per heavy atom. The van der Waals surface area contributed by atoms with E-state index in [0.717, 1.165) is 0 Å². The van der Waals surface area contributed by atoms with E-state index in [2.05, 4.69) is 22.0 Å². The zero-order valence-corrected chi connectivity index (χ0v) is 8.80. The van der Waals surface area contributed by atoms with Crippen LogP contribution in [0.5, 0.6) is 0 Å². The number of hydrogen-bond donors (Lipinski definition) is 2. The van der Waals surface area contributed by atoms with Crippen LogP contribution < -0.4 is 0 Å². The van der Waals surface area contributed by atoms with Crippen LogP contribution >= 0.6 is 0 Å². The zero-order chi connectivity index (χ0) is 12.3. The number of non-ortho nitro benzene ring substituents is 1. The smallest absolute Gasteiger partial charge is 0.297 e. The third-order valence-corrected chi connectivity index (χ3v) is 2.21. The van der Waals surface area contributed by atoms with Crippen molar-refractivity contribution in [3.8, 4) is 11.8 Å². The van der Waals surface area contributed by atoms with Crippen LogP contribution in [0, 0.1) is 22.0 Å². The first-order valence-corrected chi connectivity index (χ1v) is 4.95. The Kier molecular flexibility index (Phi) is 3.03. The lowest BCUT2D eigenvalue weighted by Crippen LogP contribution is -1.88. The highest BCUT2D eigenvalue weighted by Gasteiger charge is 2.15. The molecule has 6 nitrogen and oxygen atoms in total. The van der Waals surface area contributed by atoms with Crippen LogP contribution in [0.3, 0.4) is 0 Å². The molecule has 2 rings (SSSR count). The highest BCUT2D eigenvalue weighted by atomic mass is 16.6. The number of aromatic nitrogens is 2. The molecule has 0 bridgehead atoms. The lowest BCUT2D eigenvalue weighted by molar-refractivity contribution is -0.383. The van der Waals surface area contributed by atoms with E-state index in [-0.39, 0.29) is 12.3 Å². The monoisotopic (exact) mass is 231 g/mol. The van der Waals surface area contributed by atoms with Gasteiger partial charge in [0.15, 0.2) is 5.52 Å². The third kappa shape index (κ3) is 2.09. The van der Waals surface area contributed by atoms with Crippen LogP contribution in [-0.4, -0.2) is 26.8 Å². The molecule has 1 aromatic carbocycles. The summed E-state index contributed by atoms with van der Waals surface area (Å²) < 4.78 is 0. The second kappa shape index (κ2) is 4.63. The summed E-state index contributed by atoms with van der Waals surface area (Å²) in [4.78, 5) is 10.3. The maximum Gasteiger partial charge on any atom is 0.297 e. The number of hydrogen-bond acceptors (Lipinski definition) is 4. The summed E-state index contributed by atoms with van der Waals surface area (Å²) in [6.45, 7) is -0.0147. The molecular weight excluding hydrogens is 222 g/mol. The predicted molar refractivity (Wildman–Crippen MR) is 61.3 cm³/mol. The molecule has 0 saturated heterocycles. The number of H-pyrrole nitrogens is 1. The standard InChI is InChI=1S/C11H9N3O3/c15-7-2-1-5-9-8-4-3-6-10(14(16)17)11(8)13-12-9/h3-4,6,15H,2,7H2,(H,12,13). The van der Waals surface area contributed by atoms with Crippen molar-refractivity contribution >= 4 is 16.6 Å². The summed E-state index contributed by atoms with van der Waals surface area (Å²) in [5.41, 5.74) is 0.775. The fourth-order valence-electron chi connectivity index (χ4n) is 1.47. The van der Waals surface area contributed by atoms with Crippen LogP contribution in [0.1, 0.15) is 12.1 Å². The normalized spacial score (nSPS) is 9.94. The molecular formula is C11H9N3O3. The van der Waals surface area contributed by atoms with Gasteiger partial charge in [-0.2, -0.15) is 5.10 Å². The maximum atomic E-state index is 10.8. The Hall–Kier alpha value is -2.39. The Bertz CT molecular complexity index is 622. The molecule has 0 radical (unpaired) electrons. The van der Waals surface area contributed by atoms with Gasteiger partial charge < -0.3 is 5.11 Å². The number of rotatable bonds is 2. The Labute approximate surface area is 96.4 Å². The largest absolute Gasteiger partial charge is 0.395 e. The lowest BCUT2D eigenvalue weighted by Gasteiger charge is -1.91. The zero-order valence-electron chi connectivity index (χ0n) is 8.80. The summed E-state index contributed by atoms with van der Waals surface area (Å²) in [5.74, 6) is 5.52. The first kappa shape index (κ1) is 11.1. The summed E-state index contributed by atoms with van der Waals surface area (Å²) >= 11 is 0. The van der Waals surface area contributed by atoms with Crippen molar-refractivity contribution in [1.82, 2.24) is 10.2 Å². The minimum absolute atomic E-state index is 0.0147. The SMILES string of the molecule is O=[N+]([O-])c1cccc2c(C#CCCO)[nH]nc12. The van der Waals surface area contributed by atoms with Gasteiger partial charge in [0.25, 0.3) is 5.69 Å². The van der Waals surface area contributed by atoms with E-state index in [4.69, 9.17) is 5.11 Å². The van der Waals surface area contributed by atoms with Crippen molar-refractivity contribution in [3.05, 3.63) is 34.0 Å². The van der Waals surface area contributed by atoms with Gasteiger partial charge in [0.05, 0.1) is 11.5 Å². The van der Waals surface area contributed by atoms with Gasteiger partial charge in [-0.15, -0.1) is 0 Å². The summed E-state index contributed by atoms with van der Waals surface area (Å²) in [7, 11) is 0. The number of fused-ring (bicyclic) bond motifs is 1. The molecule has 0 fully saturated rings. The van der Waals surface area contributed by atoms with Crippen LogP contribution in [-0.2, 0) is 0 Å². The average molecular weight is 231 g/mol. The molecule has 6 heteroatoms. The molecule has 1 aromatic heterocycles. The third-order valence-electron chi connectivity index (χ3n) is 2.21. The van der Waals surface area contributed by atoms with Gasteiger partial charge in [-0.1, -0.05) is 12.0 Å². The summed E-state index contributed by atoms with van der Waals surface area (Å²) in [6.07, 6.45) is 0.357. The average Bonchev–Trinajstić information content (AvgIpc) is 2.72. The van der Waals surface area contributed by atoms with Crippen molar-refractivity contribution in [2.24, 2.45) is 0 Å². The molecule has 0 saturated carbocycles. The predicted octanol–water partition coefficient (Wildman–Crippen LogP) is 1.20. The van der Waals surface area contributed by atoms with Gasteiger partial charge in [-0.25, -0.2) is 0 Å². The van der Waals surface area contributed by atoms with Crippen LogP contribution in [0.15, 0.2) is 18.2 Å². The second-order valence-electron chi connectivity index (χ2n) is 3.30. The van der Waals surface area contributed by atoms with E-state index in [0.29, 0.717) is 23.0 Å². The molecule has 0 aliphatic rings. The van der Waals surface area contributed by atoms with Gasteiger partial charge in [0.2, 0.25) is 0 Å². The quantitative estimate of drug-likeness (QED) is 0.461. The fraction of sp³-hybridized carbons (Fsp3) is 0.182. The molecule has 2 aromatic rings. The number of nitrogens with zero attached hydrogens (tertiary/aromatic N) is 2. The first-order chi connectivity index (χ1) is 8.24. The molecule has 2 N–H and O–H groups in total. The summed E-state index contributed by atoms with van der Waals surface area (Å²) in [6, 6.07) is 4.70. The maximum absolute atomic E-state index is 10.8. The number of aromatic amines is 1. The van der Waals surface area contributed by atoms with Gasteiger partial charge in [0, 0.05) is 17.9 Å². The van der Waals surface area contributed by atoms with Crippen molar-refractivity contribution < 1.29 is 10.0 Å². The Morgan fingerprint density at radius 1 is 1.53 bits per heavy atom. The Balaban J connectivity index is 2.52. The van der Waals surface area contributed by atoms with E-state index in [1.54, 1.807) is 12.1 Å². The fourth-order valence-corrected chi connectivity index (χ4v) is 1.47. The Morgan fingerprint density at radius 2 is 2.35 bits per heavy atom. The van der Waals surface area contributed by atoms with Gasteiger partial charge >= 0.3 is 0 Å². The number of nitrogens with one attached hydrogen (secondary N) is 1. The van der Waals surface area contributed by atoms with Crippen LogP contribution in [0.4, 0.5) is 5.69 Å². The molecule has 0 aliphatic carbocycles. The second-order valence-corrected chi connectivity index (χ2v) is 3.30. The van der Waals surface area contributed by atoms with Crippen LogP contribution in [0.25, 0.3) is 10.9 Å². The molecule has 0 aliphatic heterocycles. The van der Waals surface area contributed by atoms with E-state index >= 15 is 0 Å². The number of nitro benzene ring substituents is 1. The highest BCUT2D eigenvalue weighted by molar-refractivity contribution is 5.90. The van der Waals surface area contributed by atoms with Gasteiger partial charge in [-0.3, -0.25) is 15.2 Å². The number of benzene rings is 1. The minimum atomic E-state index is -0.478. The van der Waals surface area contributed by atoms with Crippen molar-refractivity contribution in [1.29, 1.82) is 0 Å². The highest BCUT2D eigenvalue weighted by Crippen LogP contribution is 2.24. The molecule has 0 spiro atoms. The van der Waals surface area contributed by atoms with Gasteiger partial charge in [0.1, 0.15) is 5.69 Å². The van der Waals surface area contributed by atoms with Crippen molar-refractivity contribution in [2.45, 2.75) is 6.42 Å². The molecule has 0 unspecified atom stereocenters. The molecule has 1 heterocycles. The van der Waals surface area contributed by atoms with E-state index in [9.17, 15) is 10.1 Å². The first-order valence-electron chi connectivity index (χ1n) is 4.95. The number of para-hydroxylation sites is 1. The molecule has 0 amide bonds. The number of nitro groups is 1. The van der Waals surface area contributed by atoms with E-state index < -0.39 is 4.92 Å².